The molecular weight excluding hydrogens is 186 g/mol. The van der Waals surface area contributed by atoms with Crippen LogP contribution in [0.2, 0.25) is 0 Å². The molecule has 0 aromatic carbocycles. The van der Waals surface area contributed by atoms with E-state index < -0.39 is 5.60 Å². The van der Waals surface area contributed by atoms with Gasteiger partial charge in [-0.05, 0) is 51.5 Å². The van der Waals surface area contributed by atoms with Gasteiger partial charge < -0.3 is 5.11 Å². The summed E-state index contributed by atoms with van der Waals surface area (Å²) in [6.07, 6.45) is 7.82. The van der Waals surface area contributed by atoms with Crippen LogP contribution in [0.25, 0.3) is 0 Å². The van der Waals surface area contributed by atoms with Crippen molar-refractivity contribution in [3.8, 4) is 0 Å². The molecular formula is C13H25NO. The van der Waals surface area contributed by atoms with Crippen molar-refractivity contribution in [3.63, 3.8) is 0 Å². The van der Waals surface area contributed by atoms with Crippen LogP contribution in [-0.4, -0.2) is 34.7 Å². The molecule has 2 nitrogen and oxygen atoms in total. The van der Waals surface area contributed by atoms with Crippen LogP contribution in [0.15, 0.2) is 0 Å². The van der Waals surface area contributed by atoms with Gasteiger partial charge in [0.25, 0.3) is 0 Å². The molecule has 0 aromatic rings. The van der Waals surface area contributed by atoms with E-state index in [1.807, 2.05) is 6.92 Å². The number of fused-ring (bicyclic) bond motifs is 1. The fraction of sp³-hybridized carbons (Fsp3) is 1.00. The van der Waals surface area contributed by atoms with Crippen LogP contribution in [-0.2, 0) is 0 Å². The lowest BCUT2D eigenvalue weighted by atomic mass is 9.90. The SMILES string of the molecule is CCC(C)(O)CN1CCCC2CCCC21. The number of aliphatic hydroxyl groups is 1. The molecule has 3 unspecified atom stereocenters. The largest absolute Gasteiger partial charge is 0.389 e. The summed E-state index contributed by atoms with van der Waals surface area (Å²) in [4.78, 5) is 2.56. The summed E-state index contributed by atoms with van der Waals surface area (Å²) >= 11 is 0. The number of hydrogen-bond acceptors (Lipinski definition) is 2. The third-order valence-corrected chi connectivity index (χ3v) is 4.41. The number of rotatable bonds is 3. The van der Waals surface area contributed by atoms with Gasteiger partial charge >= 0.3 is 0 Å². The summed E-state index contributed by atoms with van der Waals surface area (Å²) in [5.41, 5.74) is -0.482. The highest BCUT2D eigenvalue weighted by molar-refractivity contribution is 4.91. The maximum atomic E-state index is 10.2. The maximum absolute atomic E-state index is 10.2. The van der Waals surface area contributed by atoms with Gasteiger partial charge in [0.1, 0.15) is 0 Å². The Bertz CT molecular complexity index is 215. The Hall–Kier alpha value is -0.0800. The molecule has 1 aliphatic carbocycles. The normalized spacial score (nSPS) is 36.2. The van der Waals surface area contributed by atoms with E-state index in [1.165, 1.54) is 38.6 Å². The minimum absolute atomic E-state index is 0.482. The van der Waals surface area contributed by atoms with Gasteiger partial charge in [-0.2, -0.15) is 0 Å². The van der Waals surface area contributed by atoms with E-state index in [9.17, 15) is 5.11 Å². The standard InChI is InChI=1S/C13H25NO/c1-3-13(2,15)10-14-9-5-7-11-6-4-8-12(11)14/h11-12,15H,3-10H2,1-2H3. The van der Waals surface area contributed by atoms with Crippen LogP contribution in [0.4, 0.5) is 0 Å². The van der Waals surface area contributed by atoms with Gasteiger partial charge in [0.15, 0.2) is 0 Å². The van der Waals surface area contributed by atoms with Crippen molar-refractivity contribution in [3.05, 3.63) is 0 Å². The Morgan fingerprint density at radius 1 is 1.27 bits per heavy atom. The Kier molecular flexibility index (Phi) is 3.36. The second kappa shape index (κ2) is 4.42. The molecule has 1 saturated carbocycles. The smallest absolute Gasteiger partial charge is 0.0743 e. The van der Waals surface area contributed by atoms with E-state index in [-0.39, 0.29) is 0 Å². The first-order chi connectivity index (χ1) is 7.12. The molecule has 2 aliphatic rings. The van der Waals surface area contributed by atoms with Crippen LogP contribution in [0.5, 0.6) is 0 Å². The monoisotopic (exact) mass is 211 g/mol. The van der Waals surface area contributed by atoms with E-state index >= 15 is 0 Å². The molecule has 0 aromatic heterocycles. The first-order valence-electron chi connectivity index (χ1n) is 6.59. The fourth-order valence-electron chi connectivity index (χ4n) is 3.30. The number of β-amino-alcohol motifs (C(OH)–C–C–N with tert-alkyl or cyclic N) is 1. The molecule has 2 rings (SSSR count). The Morgan fingerprint density at radius 3 is 2.73 bits per heavy atom. The minimum atomic E-state index is -0.482. The second-order valence-electron chi connectivity index (χ2n) is 5.72. The van der Waals surface area contributed by atoms with E-state index in [4.69, 9.17) is 0 Å². The molecule has 1 heterocycles. The predicted octanol–water partition coefficient (Wildman–Crippen LogP) is 2.41. The van der Waals surface area contributed by atoms with Gasteiger partial charge in [0.2, 0.25) is 0 Å². The van der Waals surface area contributed by atoms with Crippen molar-refractivity contribution < 1.29 is 5.11 Å². The molecule has 88 valence electrons. The van der Waals surface area contributed by atoms with E-state index in [2.05, 4.69) is 11.8 Å². The van der Waals surface area contributed by atoms with Crippen LogP contribution >= 0.6 is 0 Å². The maximum Gasteiger partial charge on any atom is 0.0743 e. The van der Waals surface area contributed by atoms with Crippen LogP contribution < -0.4 is 0 Å². The van der Waals surface area contributed by atoms with Crippen molar-refractivity contribution in [2.24, 2.45) is 5.92 Å². The molecule has 0 amide bonds. The highest BCUT2D eigenvalue weighted by atomic mass is 16.3. The zero-order valence-electron chi connectivity index (χ0n) is 10.2. The van der Waals surface area contributed by atoms with Crippen molar-refractivity contribution in [2.45, 2.75) is 64.0 Å². The molecule has 0 radical (unpaired) electrons. The van der Waals surface area contributed by atoms with E-state index in [0.29, 0.717) is 0 Å². The fourth-order valence-corrected chi connectivity index (χ4v) is 3.30. The molecule has 1 aliphatic heterocycles. The average molecular weight is 211 g/mol. The Labute approximate surface area is 93.7 Å². The average Bonchev–Trinajstić information content (AvgIpc) is 2.66. The van der Waals surface area contributed by atoms with Gasteiger partial charge in [-0.25, -0.2) is 0 Å². The van der Waals surface area contributed by atoms with Gasteiger partial charge in [-0.1, -0.05) is 13.3 Å². The summed E-state index contributed by atoms with van der Waals surface area (Å²) in [5.74, 6) is 0.936. The Morgan fingerprint density at radius 2 is 2.00 bits per heavy atom. The van der Waals surface area contributed by atoms with Crippen LogP contribution in [0.1, 0.15) is 52.4 Å². The number of likely N-dealkylation sites (tertiary alicyclic amines) is 1. The zero-order valence-corrected chi connectivity index (χ0v) is 10.2. The lowest BCUT2D eigenvalue weighted by Crippen LogP contribution is -2.49. The number of nitrogens with zero attached hydrogens (tertiary/aromatic N) is 1. The molecule has 15 heavy (non-hydrogen) atoms. The van der Waals surface area contributed by atoms with Crippen molar-refractivity contribution in [1.82, 2.24) is 4.90 Å². The predicted molar refractivity (Wildman–Crippen MR) is 62.9 cm³/mol. The van der Waals surface area contributed by atoms with E-state index in [0.717, 1.165) is 24.9 Å². The molecule has 0 bridgehead atoms. The van der Waals surface area contributed by atoms with Gasteiger partial charge in [0.05, 0.1) is 5.60 Å². The van der Waals surface area contributed by atoms with Crippen molar-refractivity contribution in [2.75, 3.05) is 13.1 Å². The van der Waals surface area contributed by atoms with Gasteiger partial charge in [0, 0.05) is 12.6 Å². The van der Waals surface area contributed by atoms with Crippen LogP contribution in [0, 0.1) is 5.92 Å². The highest BCUT2D eigenvalue weighted by Crippen LogP contribution is 2.37. The molecule has 1 N–H and O–H groups in total. The summed E-state index contributed by atoms with van der Waals surface area (Å²) in [6.45, 7) is 6.14. The molecule has 2 fully saturated rings. The van der Waals surface area contributed by atoms with Gasteiger partial charge in [-0.15, -0.1) is 0 Å². The lowest BCUT2D eigenvalue weighted by Gasteiger charge is -2.41. The second-order valence-corrected chi connectivity index (χ2v) is 5.72. The highest BCUT2D eigenvalue weighted by Gasteiger charge is 2.37. The summed E-state index contributed by atoms with van der Waals surface area (Å²) in [6, 6.07) is 0.789. The number of hydrogen-bond donors (Lipinski definition) is 1. The van der Waals surface area contributed by atoms with Crippen molar-refractivity contribution >= 4 is 0 Å². The third kappa shape index (κ3) is 2.54. The third-order valence-electron chi connectivity index (χ3n) is 4.41. The molecule has 2 heteroatoms. The quantitative estimate of drug-likeness (QED) is 0.775. The van der Waals surface area contributed by atoms with Crippen LogP contribution in [0.3, 0.4) is 0 Å². The molecule has 1 saturated heterocycles. The number of piperidine rings is 1. The summed E-state index contributed by atoms with van der Waals surface area (Å²) in [5, 5.41) is 10.2. The molecule has 0 spiro atoms. The topological polar surface area (TPSA) is 23.5 Å². The summed E-state index contributed by atoms with van der Waals surface area (Å²) < 4.78 is 0. The van der Waals surface area contributed by atoms with E-state index in [1.54, 1.807) is 0 Å². The first-order valence-corrected chi connectivity index (χ1v) is 6.59. The lowest BCUT2D eigenvalue weighted by molar-refractivity contribution is -0.0137. The first kappa shape index (κ1) is 11.4. The molecule has 3 atom stereocenters. The zero-order chi connectivity index (χ0) is 10.9. The van der Waals surface area contributed by atoms with Gasteiger partial charge in [-0.3, -0.25) is 4.90 Å². The van der Waals surface area contributed by atoms with Crippen molar-refractivity contribution in [1.29, 1.82) is 0 Å². The summed E-state index contributed by atoms with van der Waals surface area (Å²) in [7, 11) is 0. The minimum Gasteiger partial charge on any atom is -0.389 e. The Balaban J connectivity index is 1.96.